The Labute approximate surface area is 188 Å². The summed E-state index contributed by atoms with van der Waals surface area (Å²) in [5.74, 6) is 0.331. The van der Waals surface area contributed by atoms with E-state index in [-0.39, 0.29) is 5.04 Å². The van der Waals surface area contributed by atoms with Gasteiger partial charge in [-0.05, 0) is 0 Å². The van der Waals surface area contributed by atoms with Gasteiger partial charge >= 0.3 is 189 Å². The summed E-state index contributed by atoms with van der Waals surface area (Å²) in [4.78, 5) is 12.5. The van der Waals surface area contributed by atoms with Gasteiger partial charge in [-0.1, -0.05) is 0 Å². The van der Waals surface area contributed by atoms with Crippen molar-refractivity contribution in [3.05, 3.63) is 9.67 Å². The number of ketones is 1. The van der Waals surface area contributed by atoms with E-state index in [0.717, 1.165) is 13.0 Å². The summed E-state index contributed by atoms with van der Waals surface area (Å²) in [7, 11) is -1.74. The van der Waals surface area contributed by atoms with E-state index in [1.807, 2.05) is 6.92 Å². The third-order valence-electron chi connectivity index (χ3n) is 7.03. The SMILES string of the molecule is CCC[CH2][Sn]([CH2]CCC)([CH2]CCC)/[C](=C\C(=O)CC)CCO[Si](C)(C)C(C)(C)C. The van der Waals surface area contributed by atoms with Crippen molar-refractivity contribution in [2.24, 2.45) is 0 Å². The van der Waals surface area contributed by atoms with E-state index in [4.69, 9.17) is 4.43 Å². The van der Waals surface area contributed by atoms with Gasteiger partial charge in [0.05, 0.1) is 0 Å². The first-order valence-corrected chi connectivity index (χ1v) is 22.8. The zero-order valence-electron chi connectivity index (χ0n) is 21.4. The summed E-state index contributed by atoms with van der Waals surface area (Å²) in [6.45, 7) is 21.4. The molecule has 0 rings (SSSR count). The van der Waals surface area contributed by atoms with Crippen LogP contribution < -0.4 is 0 Å². The second kappa shape index (κ2) is 14.4. The summed E-state index contributed by atoms with van der Waals surface area (Å²) in [5.41, 5.74) is 0. The van der Waals surface area contributed by atoms with Crippen molar-refractivity contribution in [2.45, 2.75) is 131 Å². The van der Waals surface area contributed by atoms with Crippen molar-refractivity contribution in [2.75, 3.05) is 6.61 Å². The quantitative estimate of drug-likeness (QED) is 0.147. The molecule has 29 heavy (non-hydrogen) atoms. The standard InChI is InChI=1S/C13H25O2Si.3C4H9.Sn/c1-7-12(14)10-8-9-11-15-16(5,6)13(2,3)4;3*1-3-4-2;/h10H,7,9,11H2,1-6H3;3*1,3-4H2,2H3;. The molecule has 2 nitrogen and oxygen atoms in total. The number of carbonyl (C=O) groups excluding carboxylic acids is 1. The fourth-order valence-corrected chi connectivity index (χ4v) is 21.7. The second-order valence-corrected chi connectivity index (χ2v) is 28.7. The van der Waals surface area contributed by atoms with Crippen LogP contribution in [0.15, 0.2) is 9.67 Å². The number of hydrogen-bond acceptors (Lipinski definition) is 2. The molecule has 0 spiro atoms. The summed E-state index contributed by atoms with van der Waals surface area (Å²) < 4.78 is 12.4. The monoisotopic (exact) mass is 532 g/mol. The predicted molar refractivity (Wildman–Crippen MR) is 136 cm³/mol. The third kappa shape index (κ3) is 10.5. The summed E-state index contributed by atoms with van der Waals surface area (Å²) >= 11 is -2.56. The van der Waals surface area contributed by atoms with Crippen LogP contribution in [0.5, 0.6) is 0 Å². The molecule has 0 unspecified atom stereocenters. The number of rotatable bonds is 16. The van der Waals surface area contributed by atoms with Gasteiger partial charge in [0.25, 0.3) is 0 Å². The van der Waals surface area contributed by atoms with E-state index < -0.39 is 26.7 Å². The molecular formula is C25H52O2SiSn. The van der Waals surface area contributed by atoms with Gasteiger partial charge in [0.1, 0.15) is 0 Å². The molecule has 0 amide bonds. The molecule has 0 aliphatic carbocycles. The Balaban J connectivity index is 5.79. The molecule has 0 atom stereocenters. The van der Waals surface area contributed by atoms with Crippen molar-refractivity contribution in [3.63, 3.8) is 0 Å². The first-order chi connectivity index (χ1) is 13.5. The van der Waals surface area contributed by atoms with Crippen molar-refractivity contribution >= 4 is 32.5 Å². The molecule has 0 aliphatic heterocycles. The molecule has 0 aliphatic rings. The maximum absolute atomic E-state index is 12.5. The van der Waals surface area contributed by atoms with Gasteiger partial charge in [-0.3, -0.25) is 0 Å². The summed E-state index contributed by atoms with van der Waals surface area (Å²) in [6.07, 6.45) is 11.6. The second-order valence-electron chi connectivity index (χ2n) is 10.4. The molecule has 4 heteroatoms. The Morgan fingerprint density at radius 2 is 1.34 bits per heavy atom. The van der Waals surface area contributed by atoms with Crippen LogP contribution >= 0.6 is 0 Å². The van der Waals surface area contributed by atoms with Crippen molar-refractivity contribution in [1.29, 1.82) is 0 Å². The van der Waals surface area contributed by atoms with Gasteiger partial charge in [0.15, 0.2) is 0 Å². The fraction of sp³-hybridized carbons (Fsp3) is 0.880. The maximum atomic E-state index is 12.5. The Morgan fingerprint density at radius 3 is 1.69 bits per heavy atom. The average molecular weight is 531 g/mol. The molecule has 0 radical (unpaired) electrons. The summed E-state index contributed by atoms with van der Waals surface area (Å²) in [5, 5.41) is 0.239. The van der Waals surface area contributed by atoms with Gasteiger partial charge in [-0.2, -0.15) is 0 Å². The van der Waals surface area contributed by atoms with E-state index in [1.54, 1.807) is 3.59 Å². The van der Waals surface area contributed by atoms with Crippen LogP contribution in [-0.2, 0) is 9.22 Å². The predicted octanol–water partition coefficient (Wildman–Crippen LogP) is 8.69. The first kappa shape index (κ1) is 29.4. The molecule has 0 N–H and O–H groups in total. The zero-order valence-corrected chi connectivity index (χ0v) is 25.2. The fourth-order valence-electron chi connectivity index (χ4n) is 3.82. The number of carbonyl (C=O) groups is 1. The topological polar surface area (TPSA) is 26.3 Å². The van der Waals surface area contributed by atoms with Crippen molar-refractivity contribution in [1.82, 2.24) is 0 Å². The molecule has 0 saturated carbocycles. The van der Waals surface area contributed by atoms with E-state index in [2.05, 4.69) is 60.7 Å². The van der Waals surface area contributed by atoms with Crippen molar-refractivity contribution < 1.29 is 9.22 Å². The van der Waals surface area contributed by atoms with E-state index in [9.17, 15) is 4.79 Å². The van der Waals surface area contributed by atoms with E-state index in [1.165, 1.54) is 51.8 Å². The Morgan fingerprint density at radius 1 is 0.897 bits per heavy atom. The van der Waals surface area contributed by atoms with Gasteiger partial charge < -0.3 is 0 Å². The first-order valence-electron chi connectivity index (χ1n) is 12.4. The van der Waals surface area contributed by atoms with Crippen LogP contribution in [-0.4, -0.2) is 39.1 Å². The number of hydrogen-bond donors (Lipinski definition) is 0. The van der Waals surface area contributed by atoms with E-state index >= 15 is 0 Å². The van der Waals surface area contributed by atoms with Crippen LogP contribution in [0.4, 0.5) is 0 Å². The zero-order chi connectivity index (χ0) is 22.6. The molecule has 0 aromatic rings. The Kier molecular flexibility index (Phi) is 14.6. The molecule has 0 saturated heterocycles. The van der Waals surface area contributed by atoms with Crippen LogP contribution in [0.3, 0.4) is 0 Å². The molecule has 0 heterocycles. The van der Waals surface area contributed by atoms with Crippen LogP contribution in [0.2, 0.25) is 31.4 Å². The minimum absolute atomic E-state index is 0.239. The number of allylic oxidation sites excluding steroid dienone is 1. The average Bonchev–Trinajstić information content (AvgIpc) is 2.65. The molecule has 0 fully saturated rings. The van der Waals surface area contributed by atoms with E-state index in [0.29, 0.717) is 12.2 Å². The van der Waals surface area contributed by atoms with Crippen LogP contribution in [0.1, 0.15) is 99.8 Å². The molecule has 0 bridgehead atoms. The van der Waals surface area contributed by atoms with Gasteiger partial charge in [0.2, 0.25) is 0 Å². The van der Waals surface area contributed by atoms with Crippen molar-refractivity contribution in [3.8, 4) is 0 Å². The Hall–Kier alpha value is 0.386. The molecule has 172 valence electrons. The third-order valence-corrected chi connectivity index (χ3v) is 27.8. The van der Waals surface area contributed by atoms with Crippen LogP contribution in [0, 0.1) is 0 Å². The molecule has 0 aromatic carbocycles. The normalized spacial score (nSPS) is 13.8. The van der Waals surface area contributed by atoms with Gasteiger partial charge in [0, 0.05) is 0 Å². The number of unbranched alkanes of at least 4 members (excludes halogenated alkanes) is 3. The molecule has 0 aromatic heterocycles. The van der Waals surface area contributed by atoms with Gasteiger partial charge in [-0.15, -0.1) is 0 Å². The molecular weight excluding hydrogens is 479 g/mol. The Bertz CT molecular complexity index is 470. The van der Waals surface area contributed by atoms with Gasteiger partial charge in [-0.25, -0.2) is 0 Å². The van der Waals surface area contributed by atoms with Crippen LogP contribution in [0.25, 0.3) is 0 Å². The summed E-state index contributed by atoms with van der Waals surface area (Å²) in [6, 6.07) is 0. The minimum atomic E-state index is -2.56.